The monoisotopic (exact) mass is 595 g/mol. The van der Waals surface area contributed by atoms with Crippen molar-refractivity contribution in [2.45, 2.75) is 77.2 Å². The van der Waals surface area contributed by atoms with Crippen molar-refractivity contribution in [2.24, 2.45) is 17.8 Å². The van der Waals surface area contributed by atoms with Crippen LogP contribution in [0.5, 0.6) is 0 Å². The number of alkyl halides is 3. The third-order valence-corrected chi connectivity index (χ3v) is 7.79. The second-order valence-corrected chi connectivity index (χ2v) is 11.5. The van der Waals surface area contributed by atoms with Gasteiger partial charge in [0.1, 0.15) is 24.1 Å². The predicted octanol–water partition coefficient (Wildman–Crippen LogP) is 4.70. The summed E-state index contributed by atoms with van der Waals surface area (Å²) in [6.45, 7) is 3.54. The van der Waals surface area contributed by atoms with Crippen LogP contribution in [0.25, 0.3) is 0 Å². The molecule has 2 fully saturated rings. The number of carbonyl (C=O) groups is 3. The quantitative estimate of drug-likeness (QED) is 0.291. The number of rotatable bonds is 13. The van der Waals surface area contributed by atoms with Gasteiger partial charge in [-0.1, -0.05) is 0 Å². The van der Waals surface area contributed by atoms with Crippen LogP contribution in [0, 0.1) is 23.6 Å². The van der Waals surface area contributed by atoms with Gasteiger partial charge in [0.25, 0.3) is 5.91 Å². The van der Waals surface area contributed by atoms with E-state index in [-0.39, 0.29) is 41.7 Å². The molecule has 0 radical (unpaired) electrons. The van der Waals surface area contributed by atoms with Crippen LogP contribution >= 0.6 is 0 Å². The van der Waals surface area contributed by atoms with Gasteiger partial charge >= 0.3 is 6.18 Å². The summed E-state index contributed by atoms with van der Waals surface area (Å²) in [5.74, 6) is -3.51. The lowest BCUT2D eigenvalue weighted by atomic mass is 9.88. The van der Waals surface area contributed by atoms with Crippen LogP contribution in [-0.2, 0) is 20.9 Å². The molecule has 1 aromatic heterocycles. The number of anilines is 1. The van der Waals surface area contributed by atoms with Crippen LogP contribution in [-0.4, -0.2) is 53.4 Å². The van der Waals surface area contributed by atoms with Gasteiger partial charge in [0.05, 0.1) is 18.2 Å². The Morgan fingerprint density at radius 1 is 1.07 bits per heavy atom. The number of hydrogen-bond acceptors (Lipinski definition) is 5. The molecule has 13 heteroatoms. The SMILES string of the molecule is COCc1cc(NC(=O)[C@@H](NC(=O)c2ccnn2C(C)C)C(C2CC2)C2CC2)c(F)cc1C(C)C(=O)NCC(F)(F)F. The number of carbonyl (C=O) groups excluding carboxylic acids is 3. The fourth-order valence-electron chi connectivity index (χ4n) is 5.45. The molecule has 1 unspecified atom stereocenters. The fraction of sp³-hybridized carbons (Fsp3) is 0.586. The molecule has 0 spiro atoms. The van der Waals surface area contributed by atoms with Crippen molar-refractivity contribution in [3.63, 3.8) is 0 Å². The van der Waals surface area contributed by atoms with E-state index in [1.54, 1.807) is 10.7 Å². The second kappa shape index (κ2) is 12.8. The van der Waals surface area contributed by atoms with Crippen LogP contribution in [0.1, 0.15) is 80.0 Å². The minimum absolute atomic E-state index is 0.0818. The summed E-state index contributed by atoms with van der Waals surface area (Å²) in [6.07, 6.45) is 0.700. The van der Waals surface area contributed by atoms with E-state index < -0.39 is 48.2 Å². The molecule has 3 N–H and O–H groups in total. The standard InChI is InChI=1S/C29H37F4N5O4/c1-15(2)38-23(9-10-35-38)27(40)37-25(24(17-5-6-17)18-7-8-18)28(41)36-22-11-19(13-42-4)20(12-21(22)30)16(3)26(39)34-14-29(31,32)33/h9-12,15-18,24-25H,5-8,13-14H2,1-4H3,(H,34,39)(H,36,41)(H,37,40)/t16?,25-/m0/s1. The molecule has 2 saturated carbocycles. The zero-order chi connectivity index (χ0) is 30.8. The summed E-state index contributed by atoms with van der Waals surface area (Å²) >= 11 is 0. The highest BCUT2D eigenvalue weighted by atomic mass is 19.4. The molecule has 42 heavy (non-hydrogen) atoms. The molecule has 0 saturated heterocycles. The number of nitrogens with one attached hydrogen (secondary N) is 3. The molecule has 0 bridgehead atoms. The van der Waals surface area contributed by atoms with Crippen LogP contribution in [0.3, 0.4) is 0 Å². The Morgan fingerprint density at radius 3 is 2.26 bits per heavy atom. The van der Waals surface area contributed by atoms with Crippen molar-refractivity contribution in [1.82, 2.24) is 20.4 Å². The molecule has 2 aliphatic rings. The van der Waals surface area contributed by atoms with Gasteiger partial charge in [0, 0.05) is 19.3 Å². The van der Waals surface area contributed by atoms with Crippen molar-refractivity contribution >= 4 is 23.4 Å². The van der Waals surface area contributed by atoms with E-state index in [4.69, 9.17) is 4.74 Å². The first-order chi connectivity index (χ1) is 19.8. The molecule has 230 valence electrons. The number of hydrogen-bond donors (Lipinski definition) is 3. The summed E-state index contributed by atoms with van der Waals surface area (Å²) in [5, 5.41) is 11.5. The largest absolute Gasteiger partial charge is 0.405 e. The Balaban J connectivity index is 1.59. The fourth-order valence-corrected chi connectivity index (χ4v) is 5.45. The number of halogens is 4. The molecule has 2 atom stereocenters. The van der Waals surface area contributed by atoms with Crippen LogP contribution < -0.4 is 16.0 Å². The molecule has 1 aromatic carbocycles. The summed E-state index contributed by atoms with van der Waals surface area (Å²) in [6, 6.07) is 2.91. The Bertz CT molecular complexity index is 1290. The average molecular weight is 596 g/mol. The van der Waals surface area contributed by atoms with Gasteiger partial charge in [0.15, 0.2) is 0 Å². The number of aromatic nitrogens is 2. The lowest BCUT2D eigenvalue weighted by Crippen LogP contribution is -2.50. The second-order valence-electron chi connectivity index (χ2n) is 11.5. The summed E-state index contributed by atoms with van der Waals surface area (Å²) in [7, 11) is 1.38. The van der Waals surface area contributed by atoms with Crippen molar-refractivity contribution < 1.29 is 36.7 Å². The van der Waals surface area contributed by atoms with Crippen molar-refractivity contribution in [3.05, 3.63) is 47.0 Å². The Morgan fingerprint density at radius 2 is 1.71 bits per heavy atom. The van der Waals surface area contributed by atoms with E-state index in [9.17, 15) is 27.6 Å². The maximum atomic E-state index is 15.4. The maximum absolute atomic E-state index is 15.4. The highest BCUT2D eigenvalue weighted by Gasteiger charge is 2.48. The van der Waals surface area contributed by atoms with Crippen molar-refractivity contribution in [3.8, 4) is 0 Å². The Kier molecular flexibility index (Phi) is 9.59. The van der Waals surface area contributed by atoms with Crippen LogP contribution in [0.15, 0.2) is 24.4 Å². The zero-order valence-electron chi connectivity index (χ0n) is 24.1. The van der Waals surface area contributed by atoms with Gasteiger partial charge in [-0.05, 0) is 93.5 Å². The van der Waals surface area contributed by atoms with E-state index in [0.29, 0.717) is 11.3 Å². The van der Waals surface area contributed by atoms with E-state index in [0.717, 1.165) is 31.7 Å². The normalized spacial score (nSPS) is 16.8. The number of methoxy groups -OCH3 is 1. The third-order valence-electron chi connectivity index (χ3n) is 7.79. The van der Waals surface area contributed by atoms with Gasteiger partial charge in [-0.2, -0.15) is 18.3 Å². The minimum Gasteiger partial charge on any atom is -0.380 e. The first-order valence-electron chi connectivity index (χ1n) is 14.1. The smallest absolute Gasteiger partial charge is 0.380 e. The molecule has 9 nitrogen and oxygen atoms in total. The van der Waals surface area contributed by atoms with Gasteiger partial charge in [-0.25, -0.2) is 4.39 Å². The molecule has 2 aliphatic carbocycles. The molecule has 1 heterocycles. The topological polar surface area (TPSA) is 114 Å². The molecule has 3 amide bonds. The maximum Gasteiger partial charge on any atom is 0.405 e. The van der Waals surface area contributed by atoms with E-state index >= 15 is 4.39 Å². The van der Waals surface area contributed by atoms with Gasteiger partial charge in [-0.15, -0.1) is 0 Å². The zero-order valence-corrected chi connectivity index (χ0v) is 24.1. The van der Waals surface area contributed by atoms with Crippen molar-refractivity contribution in [2.75, 3.05) is 19.0 Å². The Labute approximate surface area is 241 Å². The predicted molar refractivity (Wildman–Crippen MR) is 146 cm³/mol. The van der Waals surface area contributed by atoms with Crippen LogP contribution in [0.4, 0.5) is 23.2 Å². The summed E-state index contributed by atoms with van der Waals surface area (Å²) in [4.78, 5) is 39.5. The van der Waals surface area contributed by atoms with E-state index in [1.165, 1.54) is 26.3 Å². The first kappa shape index (κ1) is 31.5. The number of nitrogens with zero attached hydrogens (tertiary/aromatic N) is 2. The van der Waals surface area contributed by atoms with Gasteiger partial charge in [-0.3, -0.25) is 19.1 Å². The summed E-state index contributed by atoms with van der Waals surface area (Å²) < 4.78 is 59.9. The molecular formula is C29H37F4N5O4. The van der Waals surface area contributed by atoms with Crippen molar-refractivity contribution in [1.29, 1.82) is 0 Å². The number of ether oxygens (including phenoxy) is 1. The number of benzene rings is 1. The molecule has 0 aliphatic heterocycles. The van der Waals surface area contributed by atoms with Gasteiger partial charge in [0.2, 0.25) is 11.8 Å². The van der Waals surface area contributed by atoms with Gasteiger partial charge < -0.3 is 20.7 Å². The Hall–Kier alpha value is -3.48. The molecule has 2 aromatic rings. The third kappa shape index (κ3) is 7.67. The number of amides is 3. The molecular weight excluding hydrogens is 558 g/mol. The summed E-state index contributed by atoms with van der Waals surface area (Å²) in [5.41, 5.74) is 0.582. The van der Waals surface area contributed by atoms with E-state index in [1.807, 2.05) is 19.2 Å². The lowest BCUT2D eigenvalue weighted by Gasteiger charge is -2.28. The molecule has 4 rings (SSSR count). The minimum atomic E-state index is -4.59. The average Bonchev–Trinajstić information content (AvgIpc) is 3.87. The van der Waals surface area contributed by atoms with E-state index in [2.05, 4.69) is 15.7 Å². The highest BCUT2D eigenvalue weighted by molar-refractivity contribution is 6.01. The highest BCUT2D eigenvalue weighted by Crippen LogP contribution is 2.51. The van der Waals surface area contributed by atoms with Crippen LogP contribution in [0.2, 0.25) is 0 Å². The lowest BCUT2D eigenvalue weighted by molar-refractivity contribution is -0.139. The first-order valence-corrected chi connectivity index (χ1v) is 14.1.